The first-order valence-electron chi connectivity index (χ1n) is 2.57. The number of aryl methyl sites for hydroxylation is 1. The largest absolute Gasteiger partial charge is 0.376 e. The minimum atomic E-state index is -0.561. The molecule has 0 aliphatic heterocycles. The van der Waals surface area contributed by atoms with E-state index in [-0.39, 0.29) is 23.9 Å². The predicted molar refractivity (Wildman–Crippen MR) is 41.6 cm³/mol. The quantitative estimate of drug-likeness (QED) is 0.487. The van der Waals surface area contributed by atoms with Gasteiger partial charge in [0, 0.05) is 0 Å². The number of aromatic amines is 1. The molecule has 11 heavy (non-hydrogen) atoms. The summed E-state index contributed by atoms with van der Waals surface area (Å²) in [4.78, 5) is 9.61. The molecule has 1 rings (SSSR count). The van der Waals surface area contributed by atoms with Crippen LogP contribution in [0.3, 0.4) is 0 Å². The summed E-state index contributed by atoms with van der Waals surface area (Å²) in [6, 6.07) is 0. The highest BCUT2D eigenvalue weighted by molar-refractivity contribution is 5.85. The summed E-state index contributed by atoms with van der Waals surface area (Å²) in [7, 11) is 0. The predicted octanol–water partition coefficient (Wildman–Crippen LogP) is 0.630. The average Bonchev–Trinajstić information content (AvgIpc) is 2.11. The Bertz CT molecular complexity index is 252. The molecule has 0 saturated heterocycles. The molecule has 0 radical (unpaired) electrons. The zero-order valence-electron chi connectivity index (χ0n) is 5.70. The van der Waals surface area contributed by atoms with Crippen LogP contribution < -0.4 is 5.73 Å². The highest BCUT2D eigenvalue weighted by Gasteiger charge is 2.17. The summed E-state index contributed by atoms with van der Waals surface area (Å²) in [5.41, 5.74) is 5.40. The summed E-state index contributed by atoms with van der Waals surface area (Å²) in [6.45, 7) is 1.54. The van der Waals surface area contributed by atoms with E-state index in [1.54, 1.807) is 6.92 Å². The molecular formula is C4H7ClN4O2. The number of nitrogens with two attached hydrogens (primary N) is 1. The van der Waals surface area contributed by atoms with E-state index in [1.165, 1.54) is 0 Å². The normalized spacial score (nSPS) is 8.82. The molecule has 0 amide bonds. The fourth-order valence-electron chi connectivity index (χ4n) is 0.673. The minimum Gasteiger partial charge on any atom is -0.376 e. The number of hydrogen-bond donors (Lipinski definition) is 2. The van der Waals surface area contributed by atoms with Crippen LogP contribution in [0.4, 0.5) is 11.5 Å². The number of anilines is 1. The molecule has 0 aromatic carbocycles. The first-order valence-corrected chi connectivity index (χ1v) is 2.57. The van der Waals surface area contributed by atoms with Gasteiger partial charge in [0.15, 0.2) is 0 Å². The Balaban J connectivity index is 0.000001000. The van der Waals surface area contributed by atoms with Gasteiger partial charge < -0.3 is 5.73 Å². The Kier molecular flexibility index (Phi) is 2.82. The van der Waals surface area contributed by atoms with Crippen LogP contribution in [0.5, 0.6) is 0 Å². The number of rotatable bonds is 1. The smallest absolute Gasteiger partial charge is 0.333 e. The summed E-state index contributed by atoms with van der Waals surface area (Å²) in [6.07, 6.45) is 0. The Morgan fingerprint density at radius 2 is 2.27 bits per heavy atom. The van der Waals surface area contributed by atoms with Gasteiger partial charge in [-0.3, -0.25) is 15.2 Å². The first kappa shape index (κ1) is 9.70. The van der Waals surface area contributed by atoms with E-state index in [0.29, 0.717) is 5.69 Å². The van der Waals surface area contributed by atoms with E-state index in [0.717, 1.165) is 0 Å². The van der Waals surface area contributed by atoms with Gasteiger partial charge in [0.25, 0.3) is 0 Å². The van der Waals surface area contributed by atoms with Crippen molar-refractivity contribution in [1.29, 1.82) is 0 Å². The van der Waals surface area contributed by atoms with E-state index < -0.39 is 4.92 Å². The summed E-state index contributed by atoms with van der Waals surface area (Å²) < 4.78 is 0. The second-order valence-electron chi connectivity index (χ2n) is 1.84. The number of nitrogens with one attached hydrogen (secondary N) is 1. The van der Waals surface area contributed by atoms with Gasteiger partial charge in [0.2, 0.25) is 5.82 Å². The van der Waals surface area contributed by atoms with E-state index in [9.17, 15) is 10.1 Å². The lowest BCUT2D eigenvalue weighted by Gasteiger charge is -1.85. The van der Waals surface area contributed by atoms with Crippen molar-refractivity contribution in [2.45, 2.75) is 6.92 Å². The van der Waals surface area contributed by atoms with Crippen LogP contribution >= 0.6 is 12.4 Å². The first-order chi connectivity index (χ1) is 4.63. The Morgan fingerprint density at radius 3 is 2.45 bits per heavy atom. The second-order valence-corrected chi connectivity index (χ2v) is 1.84. The molecule has 0 spiro atoms. The number of halogens is 1. The van der Waals surface area contributed by atoms with Crippen LogP contribution in [-0.2, 0) is 0 Å². The second kappa shape index (κ2) is 3.20. The van der Waals surface area contributed by atoms with Crippen molar-refractivity contribution in [3.8, 4) is 0 Å². The van der Waals surface area contributed by atoms with Crippen molar-refractivity contribution in [3.63, 3.8) is 0 Å². The molecule has 0 unspecified atom stereocenters. The van der Waals surface area contributed by atoms with Gasteiger partial charge in [-0.25, -0.2) is 0 Å². The highest BCUT2D eigenvalue weighted by Crippen LogP contribution is 2.20. The average molecular weight is 179 g/mol. The van der Waals surface area contributed by atoms with Gasteiger partial charge in [-0.15, -0.1) is 12.4 Å². The van der Waals surface area contributed by atoms with Crippen LogP contribution in [-0.4, -0.2) is 15.1 Å². The zero-order valence-corrected chi connectivity index (χ0v) is 6.51. The van der Waals surface area contributed by atoms with Gasteiger partial charge in [0.05, 0.1) is 4.92 Å². The van der Waals surface area contributed by atoms with E-state index in [4.69, 9.17) is 5.73 Å². The maximum atomic E-state index is 10.2. The monoisotopic (exact) mass is 178 g/mol. The van der Waals surface area contributed by atoms with Crippen molar-refractivity contribution in [1.82, 2.24) is 10.2 Å². The molecule has 1 heterocycles. The maximum absolute atomic E-state index is 10.2. The van der Waals surface area contributed by atoms with Crippen molar-refractivity contribution in [3.05, 3.63) is 15.8 Å². The maximum Gasteiger partial charge on any atom is 0.333 e. The Hall–Kier alpha value is -1.30. The third-order valence-electron chi connectivity index (χ3n) is 1.12. The van der Waals surface area contributed by atoms with Crippen LogP contribution in [0.15, 0.2) is 0 Å². The standard InChI is InChI=1S/C4H6N4O2.ClH/c1-2-3(8(9)10)4(5)7-6-2;/h1H3,(H3,5,6,7);1H. The molecule has 0 atom stereocenters. The van der Waals surface area contributed by atoms with Crippen molar-refractivity contribution >= 4 is 23.9 Å². The lowest BCUT2D eigenvalue weighted by atomic mass is 10.4. The number of H-pyrrole nitrogens is 1. The molecule has 0 aliphatic rings. The topological polar surface area (TPSA) is 97.8 Å². The molecule has 0 aliphatic carbocycles. The van der Waals surface area contributed by atoms with Crippen LogP contribution in [0.25, 0.3) is 0 Å². The molecule has 0 bridgehead atoms. The summed E-state index contributed by atoms with van der Waals surface area (Å²) >= 11 is 0. The van der Waals surface area contributed by atoms with E-state index in [2.05, 4.69) is 10.2 Å². The number of nitro groups is 1. The van der Waals surface area contributed by atoms with Gasteiger partial charge in [-0.2, -0.15) is 5.10 Å². The number of nitrogens with zero attached hydrogens (tertiary/aromatic N) is 2. The third-order valence-corrected chi connectivity index (χ3v) is 1.12. The minimum absolute atomic E-state index is 0. The summed E-state index contributed by atoms with van der Waals surface area (Å²) in [5, 5.41) is 16.0. The fraction of sp³-hybridized carbons (Fsp3) is 0.250. The molecule has 1 aromatic rings. The molecule has 3 N–H and O–H groups in total. The third kappa shape index (κ3) is 1.58. The molecule has 62 valence electrons. The number of hydrogen-bond acceptors (Lipinski definition) is 4. The SMILES string of the molecule is Cc1[nH]nc(N)c1[N+](=O)[O-].Cl. The molecule has 1 aromatic heterocycles. The van der Waals surface area contributed by atoms with Gasteiger partial charge in [-0.1, -0.05) is 0 Å². The molecule has 7 heteroatoms. The highest BCUT2D eigenvalue weighted by atomic mass is 35.5. The van der Waals surface area contributed by atoms with Gasteiger partial charge >= 0.3 is 5.69 Å². The Labute approximate surface area is 68.3 Å². The van der Waals surface area contributed by atoms with E-state index >= 15 is 0 Å². The van der Waals surface area contributed by atoms with Gasteiger partial charge in [-0.05, 0) is 6.92 Å². The van der Waals surface area contributed by atoms with Crippen LogP contribution in [0, 0.1) is 17.0 Å². The number of aromatic nitrogens is 2. The molecule has 0 fully saturated rings. The Morgan fingerprint density at radius 1 is 1.73 bits per heavy atom. The van der Waals surface area contributed by atoms with Crippen LogP contribution in [0.1, 0.15) is 5.69 Å². The van der Waals surface area contributed by atoms with Crippen molar-refractivity contribution in [2.24, 2.45) is 0 Å². The number of nitrogen functional groups attached to an aromatic ring is 1. The molecular weight excluding hydrogens is 172 g/mol. The van der Waals surface area contributed by atoms with Gasteiger partial charge in [0.1, 0.15) is 5.69 Å². The van der Waals surface area contributed by atoms with Crippen LogP contribution in [0.2, 0.25) is 0 Å². The fourth-order valence-corrected chi connectivity index (χ4v) is 0.673. The van der Waals surface area contributed by atoms with E-state index in [1.807, 2.05) is 0 Å². The molecule has 6 nitrogen and oxygen atoms in total. The van der Waals surface area contributed by atoms with Crippen molar-refractivity contribution < 1.29 is 4.92 Å². The molecule has 0 saturated carbocycles. The lowest BCUT2D eigenvalue weighted by Crippen LogP contribution is -1.93. The summed E-state index contributed by atoms with van der Waals surface area (Å²) in [5.74, 6) is -0.0671. The van der Waals surface area contributed by atoms with Crippen molar-refractivity contribution in [2.75, 3.05) is 5.73 Å². The zero-order chi connectivity index (χ0) is 7.72. The lowest BCUT2D eigenvalue weighted by molar-refractivity contribution is -0.384.